The second-order valence-corrected chi connectivity index (χ2v) is 16.0. The second kappa shape index (κ2) is 12.9. The van der Waals surface area contributed by atoms with E-state index in [0.717, 1.165) is 50.5 Å². The Bertz CT molecular complexity index is 2040. The van der Waals surface area contributed by atoms with Gasteiger partial charge in [0.1, 0.15) is 10.5 Å². The van der Waals surface area contributed by atoms with Gasteiger partial charge in [0.15, 0.2) is 0 Å². The molecule has 0 saturated heterocycles. The number of aryl methyl sites for hydroxylation is 3. The monoisotopic (exact) mass is 671 g/mol. The van der Waals surface area contributed by atoms with Crippen molar-refractivity contribution in [1.29, 1.82) is 0 Å². The lowest BCUT2D eigenvalue weighted by Crippen LogP contribution is -2.37. The van der Waals surface area contributed by atoms with E-state index in [1.807, 2.05) is 63.6 Å². The fourth-order valence-corrected chi connectivity index (χ4v) is 9.50. The van der Waals surface area contributed by atoms with Crippen LogP contribution in [0, 0.1) is 25.2 Å². The molecule has 1 aliphatic heterocycles. The molecule has 0 bridgehead atoms. The summed E-state index contributed by atoms with van der Waals surface area (Å²) in [5.41, 5.74) is 4.77. The van der Waals surface area contributed by atoms with Gasteiger partial charge in [0.2, 0.25) is 15.9 Å². The van der Waals surface area contributed by atoms with Gasteiger partial charge in [0.25, 0.3) is 0 Å². The first-order valence-electron chi connectivity index (χ1n) is 16.0. The number of pyridine rings is 1. The fourth-order valence-electron chi connectivity index (χ4n) is 6.55. The Morgan fingerprint density at radius 1 is 1.11 bits per heavy atom. The number of benzene rings is 2. The molecule has 0 unspecified atom stereocenters. The summed E-state index contributed by atoms with van der Waals surface area (Å²) >= 11 is 1.51. The van der Waals surface area contributed by atoms with Crippen LogP contribution in [0.2, 0.25) is 0 Å². The SMILES string of the molecule is CC[C@H]1Cc2ccccc2S(=O)(=O)N(Cc2nc([C@@H](c3ccc4c(nnn4CC)c3C)C(C)(C)C(=O)Nc3cccnc3)sc2C)C1. The van der Waals surface area contributed by atoms with Gasteiger partial charge in [-0.05, 0) is 74.1 Å². The van der Waals surface area contributed by atoms with Crippen LogP contribution in [0.4, 0.5) is 5.69 Å². The zero-order valence-corrected chi connectivity index (χ0v) is 29.3. The first kappa shape index (κ1) is 32.9. The van der Waals surface area contributed by atoms with Gasteiger partial charge in [-0.15, -0.1) is 16.4 Å². The highest BCUT2D eigenvalue weighted by atomic mass is 32.2. The number of anilines is 1. The summed E-state index contributed by atoms with van der Waals surface area (Å²) in [5.74, 6) is -0.447. The van der Waals surface area contributed by atoms with Crippen molar-refractivity contribution in [2.24, 2.45) is 11.3 Å². The summed E-state index contributed by atoms with van der Waals surface area (Å²) < 4.78 is 31.5. The van der Waals surface area contributed by atoms with E-state index < -0.39 is 21.4 Å². The highest BCUT2D eigenvalue weighted by molar-refractivity contribution is 7.89. The summed E-state index contributed by atoms with van der Waals surface area (Å²) in [6.07, 6.45) is 4.88. The number of thiazole rings is 1. The molecule has 0 aliphatic carbocycles. The predicted molar refractivity (Wildman–Crippen MR) is 185 cm³/mol. The average Bonchev–Trinajstić information content (AvgIpc) is 3.62. The molecule has 10 nitrogen and oxygen atoms in total. The Balaban J connectivity index is 1.43. The number of nitrogens with zero attached hydrogens (tertiary/aromatic N) is 6. The Kier molecular flexibility index (Phi) is 9.03. The van der Waals surface area contributed by atoms with Gasteiger partial charge in [-0.3, -0.25) is 9.78 Å². The van der Waals surface area contributed by atoms with E-state index in [2.05, 4.69) is 33.6 Å². The van der Waals surface area contributed by atoms with E-state index >= 15 is 0 Å². The lowest BCUT2D eigenvalue weighted by Gasteiger charge is -2.33. The smallest absolute Gasteiger partial charge is 0.243 e. The fraction of sp³-hybridized carbons (Fsp3) is 0.400. The van der Waals surface area contributed by atoms with Crippen molar-refractivity contribution in [3.63, 3.8) is 0 Å². The van der Waals surface area contributed by atoms with Crippen molar-refractivity contribution < 1.29 is 13.2 Å². The molecule has 0 fully saturated rings. The van der Waals surface area contributed by atoms with Crippen molar-refractivity contribution in [2.75, 3.05) is 11.9 Å². The quantitative estimate of drug-likeness (QED) is 0.190. The summed E-state index contributed by atoms with van der Waals surface area (Å²) in [7, 11) is -3.74. The van der Waals surface area contributed by atoms with Crippen LogP contribution < -0.4 is 5.32 Å². The predicted octanol–water partition coefficient (Wildman–Crippen LogP) is 6.49. The highest BCUT2D eigenvalue weighted by Crippen LogP contribution is 2.46. The largest absolute Gasteiger partial charge is 0.324 e. The molecular weight excluding hydrogens is 631 g/mol. The van der Waals surface area contributed by atoms with Gasteiger partial charge in [-0.25, -0.2) is 18.1 Å². The van der Waals surface area contributed by atoms with Gasteiger partial charge in [0.05, 0.1) is 45.9 Å². The molecule has 3 aromatic heterocycles. The third-order valence-electron chi connectivity index (χ3n) is 9.44. The molecule has 0 saturated carbocycles. The number of hydrogen-bond donors (Lipinski definition) is 1. The number of aromatic nitrogens is 5. The Morgan fingerprint density at radius 3 is 2.62 bits per heavy atom. The molecule has 1 N–H and O–H groups in total. The number of carbonyl (C=O) groups is 1. The number of hydrogen-bond acceptors (Lipinski definition) is 8. The lowest BCUT2D eigenvalue weighted by atomic mass is 9.73. The molecule has 0 radical (unpaired) electrons. The number of sulfonamides is 1. The second-order valence-electron chi connectivity index (χ2n) is 12.8. The summed E-state index contributed by atoms with van der Waals surface area (Å²) in [5, 5.41) is 12.6. The first-order valence-corrected chi connectivity index (χ1v) is 18.3. The summed E-state index contributed by atoms with van der Waals surface area (Å²) in [6.45, 7) is 13.3. The maximum Gasteiger partial charge on any atom is 0.243 e. The molecule has 6 rings (SSSR count). The van der Waals surface area contributed by atoms with Crippen LogP contribution in [0.15, 0.2) is 65.8 Å². The van der Waals surface area contributed by atoms with Crippen LogP contribution in [0.3, 0.4) is 0 Å². The molecule has 1 amide bonds. The molecule has 47 heavy (non-hydrogen) atoms. The van der Waals surface area contributed by atoms with E-state index in [9.17, 15) is 13.2 Å². The van der Waals surface area contributed by atoms with Gasteiger partial charge in [-0.1, -0.05) is 56.7 Å². The van der Waals surface area contributed by atoms with E-state index in [4.69, 9.17) is 4.98 Å². The van der Waals surface area contributed by atoms with Crippen LogP contribution in [0.5, 0.6) is 0 Å². The Hall–Kier alpha value is -4.00. The molecule has 12 heteroatoms. The highest BCUT2D eigenvalue weighted by Gasteiger charge is 2.43. The Morgan fingerprint density at radius 2 is 1.89 bits per heavy atom. The molecule has 2 atom stereocenters. The average molecular weight is 672 g/mol. The van der Waals surface area contributed by atoms with Crippen LogP contribution in [-0.4, -0.2) is 50.1 Å². The summed E-state index contributed by atoms with van der Waals surface area (Å²) in [6, 6.07) is 15.0. The zero-order chi connectivity index (χ0) is 33.5. The third kappa shape index (κ3) is 6.10. The minimum atomic E-state index is -3.74. The Labute approximate surface area is 280 Å². The molecule has 5 aromatic rings. The number of amides is 1. The standard InChI is InChI=1S/C35H41N7O3S2/c1-7-24-18-25-12-9-10-14-30(25)47(44,45)41(20-24)21-28-23(4)46-33(38-28)31(35(5,6)34(43)37-26-13-11-17-36-19-26)27-15-16-29-32(22(27)3)39-40-42(29)8-2/h9-17,19,24,31H,7-8,18,20-21H2,1-6H3,(H,37,43)/t24-,31+/m0/s1. The van der Waals surface area contributed by atoms with Crippen molar-refractivity contribution >= 4 is 44.0 Å². The first-order chi connectivity index (χ1) is 22.4. The van der Waals surface area contributed by atoms with Crippen LogP contribution in [0.25, 0.3) is 11.0 Å². The minimum Gasteiger partial charge on any atom is -0.324 e. The van der Waals surface area contributed by atoms with Gasteiger partial charge in [-0.2, -0.15) is 4.31 Å². The number of fused-ring (bicyclic) bond motifs is 2. The van der Waals surface area contributed by atoms with Crippen molar-refractivity contribution in [3.8, 4) is 0 Å². The zero-order valence-electron chi connectivity index (χ0n) is 27.7. The normalized spacial score (nSPS) is 17.3. The van der Waals surface area contributed by atoms with E-state index in [1.165, 1.54) is 11.3 Å². The molecule has 4 heterocycles. The van der Waals surface area contributed by atoms with Crippen molar-refractivity contribution in [3.05, 3.63) is 93.2 Å². The molecule has 246 valence electrons. The van der Waals surface area contributed by atoms with Crippen LogP contribution >= 0.6 is 11.3 Å². The van der Waals surface area contributed by atoms with Crippen molar-refractivity contribution in [2.45, 2.75) is 78.3 Å². The number of nitrogens with one attached hydrogen (secondary N) is 1. The maximum absolute atomic E-state index is 14.1. The number of rotatable bonds is 9. The molecule has 1 aliphatic rings. The number of carbonyl (C=O) groups excluding carboxylic acids is 1. The third-order valence-corrected chi connectivity index (χ3v) is 12.4. The molecule has 0 spiro atoms. The van der Waals surface area contributed by atoms with Crippen LogP contribution in [0.1, 0.15) is 72.3 Å². The topological polar surface area (TPSA) is 123 Å². The summed E-state index contributed by atoms with van der Waals surface area (Å²) in [4.78, 5) is 24.7. The van der Waals surface area contributed by atoms with E-state index in [0.29, 0.717) is 29.4 Å². The van der Waals surface area contributed by atoms with E-state index in [1.54, 1.807) is 34.9 Å². The van der Waals surface area contributed by atoms with E-state index in [-0.39, 0.29) is 18.4 Å². The van der Waals surface area contributed by atoms with Crippen LogP contribution in [-0.2, 0) is 34.3 Å². The molecule has 2 aromatic carbocycles. The van der Waals surface area contributed by atoms with Gasteiger partial charge < -0.3 is 5.32 Å². The minimum absolute atomic E-state index is 0.160. The lowest BCUT2D eigenvalue weighted by molar-refractivity contribution is -0.124. The van der Waals surface area contributed by atoms with Crippen molar-refractivity contribution in [1.82, 2.24) is 29.3 Å². The van der Waals surface area contributed by atoms with Gasteiger partial charge >= 0.3 is 0 Å². The van der Waals surface area contributed by atoms with Gasteiger partial charge in [0, 0.05) is 24.2 Å². The molecular formula is C35H41N7O3S2. The maximum atomic E-state index is 14.1.